The predicted octanol–water partition coefficient (Wildman–Crippen LogP) is 0.479. The van der Waals surface area contributed by atoms with E-state index in [0.717, 1.165) is 5.56 Å². The van der Waals surface area contributed by atoms with Crippen LogP contribution in [0.25, 0.3) is 0 Å². The monoisotopic (exact) mass is 286 g/mol. The Labute approximate surface area is 112 Å². The number of carbonyl (C=O) groups excluding carboxylic acids is 1. The van der Waals surface area contributed by atoms with Crippen molar-refractivity contribution in [2.75, 3.05) is 18.6 Å². The first-order valence-electron chi connectivity index (χ1n) is 6.18. The minimum absolute atomic E-state index is 0.0663. The molecular weight excluding hydrogens is 268 g/mol. The van der Waals surface area contributed by atoms with E-state index in [-0.39, 0.29) is 29.9 Å². The maximum atomic E-state index is 12.2. The fourth-order valence-corrected chi connectivity index (χ4v) is 4.09. The van der Waals surface area contributed by atoms with Crippen LogP contribution in [0.5, 0.6) is 0 Å². The molecule has 106 valence electrons. The van der Waals surface area contributed by atoms with Gasteiger partial charge in [-0.05, 0) is 20.3 Å². The van der Waals surface area contributed by atoms with Crippen LogP contribution < -0.4 is 0 Å². The molecule has 1 atom stereocenters. The van der Waals surface area contributed by atoms with E-state index in [4.69, 9.17) is 4.52 Å². The first kappa shape index (κ1) is 14.0. The van der Waals surface area contributed by atoms with Gasteiger partial charge in [0.2, 0.25) is 5.91 Å². The Morgan fingerprint density at radius 2 is 2.16 bits per heavy atom. The third kappa shape index (κ3) is 2.97. The van der Waals surface area contributed by atoms with Gasteiger partial charge in [0.25, 0.3) is 0 Å². The summed E-state index contributed by atoms with van der Waals surface area (Å²) >= 11 is 0. The molecule has 1 aromatic heterocycles. The molecule has 1 aliphatic heterocycles. The molecule has 6 nitrogen and oxygen atoms in total. The van der Waals surface area contributed by atoms with E-state index in [2.05, 4.69) is 5.16 Å². The second-order valence-corrected chi connectivity index (χ2v) is 7.27. The molecule has 0 N–H and O–H groups in total. The number of likely N-dealkylation sites (N-methyl/N-ethyl adjacent to an activating group) is 1. The van der Waals surface area contributed by atoms with Gasteiger partial charge in [-0.25, -0.2) is 8.42 Å². The Hall–Kier alpha value is -1.37. The van der Waals surface area contributed by atoms with Gasteiger partial charge in [0.1, 0.15) is 5.76 Å². The predicted molar refractivity (Wildman–Crippen MR) is 69.5 cm³/mol. The van der Waals surface area contributed by atoms with Gasteiger partial charge in [0, 0.05) is 18.7 Å². The van der Waals surface area contributed by atoms with Crippen LogP contribution >= 0.6 is 0 Å². The molecule has 1 aliphatic rings. The van der Waals surface area contributed by atoms with Gasteiger partial charge in [-0.3, -0.25) is 4.79 Å². The number of aromatic nitrogens is 1. The van der Waals surface area contributed by atoms with E-state index < -0.39 is 9.84 Å². The summed E-state index contributed by atoms with van der Waals surface area (Å²) in [5, 5.41) is 3.81. The quantitative estimate of drug-likeness (QED) is 0.807. The van der Waals surface area contributed by atoms with Gasteiger partial charge in [0.15, 0.2) is 9.84 Å². The van der Waals surface area contributed by atoms with Crippen LogP contribution in [-0.2, 0) is 21.1 Å². The maximum absolute atomic E-state index is 12.2. The maximum Gasteiger partial charge on any atom is 0.227 e. The number of aryl methyl sites for hydroxylation is 2. The number of rotatable bonds is 3. The lowest BCUT2D eigenvalue weighted by Crippen LogP contribution is -2.38. The Balaban J connectivity index is 2.05. The van der Waals surface area contributed by atoms with Crippen LogP contribution in [0.1, 0.15) is 23.4 Å². The smallest absolute Gasteiger partial charge is 0.227 e. The normalized spacial score (nSPS) is 21.5. The molecular formula is C12H18N2O4S. The molecule has 1 saturated heterocycles. The second kappa shape index (κ2) is 4.96. The minimum atomic E-state index is -2.98. The summed E-state index contributed by atoms with van der Waals surface area (Å²) in [4.78, 5) is 13.7. The molecule has 0 saturated carbocycles. The highest BCUT2D eigenvalue weighted by molar-refractivity contribution is 7.91. The summed E-state index contributed by atoms with van der Waals surface area (Å²) in [5.41, 5.74) is 1.50. The van der Waals surface area contributed by atoms with Crippen LogP contribution in [0.2, 0.25) is 0 Å². The molecule has 0 spiro atoms. The standard InChI is InChI=1S/C12H18N2O4S/c1-8-11(9(2)18-13-8)6-12(15)14(3)10-4-5-19(16,17)7-10/h10H,4-7H2,1-3H3/t10-/m1/s1. The van der Waals surface area contributed by atoms with Crippen LogP contribution in [0.15, 0.2) is 4.52 Å². The van der Waals surface area contributed by atoms with Gasteiger partial charge in [-0.1, -0.05) is 5.16 Å². The number of hydrogen-bond acceptors (Lipinski definition) is 5. The van der Waals surface area contributed by atoms with Crippen LogP contribution in [0, 0.1) is 13.8 Å². The number of nitrogens with zero attached hydrogens (tertiary/aromatic N) is 2. The van der Waals surface area contributed by atoms with Crippen molar-refractivity contribution in [1.82, 2.24) is 10.1 Å². The van der Waals surface area contributed by atoms with Gasteiger partial charge in [-0.15, -0.1) is 0 Å². The highest BCUT2D eigenvalue weighted by Crippen LogP contribution is 2.19. The van der Waals surface area contributed by atoms with Gasteiger partial charge in [-0.2, -0.15) is 0 Å². The third-order valence-electron chi connectivity index (χ3n) is 3.66. The molecule has 1 fully saturated rings. The Kier molecular flexibility index (Phi) is 3.66. The summed E-state index contributed by atoms with van der Waals surface area (Å²) in [6.07, 6.45) is 0.723. The summed E-state index contributed by atoms with van der Waals surface area (Å²) in [6.45, 7) is 3.56. The van der Waals surface area contributed by atoms with Crippen molar-refractivity contribution < 1.29 is 17.7 Å². The molecule has 0 radical (unpaired) electrons. The van der Waals surface area contributed by atoms with E-state index >= 15 is 0 Å². The van der Waals surface area contributed by atoms with E-state index in [1.54, 1.807) is 20.9 Å². The molecule has 0 aromatic carbocycles. The largest absolute Gasteiger partial charge is 0.361 e. The lowest BCUT2D eigenvalue weighted by atomic mass is 10.1. The Morgan fingerprint density at radius 3 is 2.63 bits per heavy atom. The molecule has 1 amide bonds. The number of carbonyl (C=O) groups is 1. The van der Waals surface area contributed by atoms with Crippen LogP contribution in [0.4, 0.5) is 0 Å². The average molecular weight is 286 g/mol. The zero-order chi connectivity index (χ0) is 14.2. The van der Waals surface area contributed by atoms with Gasteiger partial charge < -0.3 is 9.42 Å². The summed E-state index contributed by atoms with van der Waals surface area (Å²) in [5.74, 6) is 0.770. The fourth-order valence-electron chi connectivity index (χ4n) is 2.31. The van der Waals surface area contributed by atoms with Crippen LogP contribution in [0.3, 0.4) is 0 Å². The highest BCUT2D eigenvalue weighted by Gasteiger charge is 2.33. The van der Waals surface area contributed by atoms with E-state index in [1.807, 2.05) is 0 Å². The third-order valence-corrected chi connectivity index (χ3v) is 5.41. The lowest BCUT2D eigenvalue weighted by molar-refractivity contribution is -0.130. The molecule has 1 aromatic rings. The zero-order valence-electron chi connectivity index (χ0n) is 11.3. The van der Waals surface area contributed by atoms with E-state index in [1.165, 1.54) is 4.90 Å². The summed E-state index contributed by atoms with van der Waals surface area (Å²) in [7, 11) is -1.32. The second-order valence-electron chi connectivity index (χ2n) is 5.04. The van der Waals surface area contributed by atoms with Gasteiger partial charge in [0.05, 0.1) is 23.6 Å². The van der Waals surface area contributed by atoms with E-state index in [9.17, 15) is 13.2 Å². The van der Waals surface area contributed by atoms with Gasteiger partial charge >= 0.3 is 0 Å². The van der Waals surface area contributed by atoms with Crippen molar-refractivity contribution in [3.63, 3.8) is 0 Å². The number of hydrogen-bond donors (Lipinski definition) is 0. The molecule has 0 unspecified atom stereocenters. The minimum Gasteiger partial charge on any atom is -0.361 e. The molecule has 0 bridgehead atoms. The SMILES string of the molecule is Cc1noc(C)c1CC(=O)N(C)[C@@H]1CCS(=O)(=O)C1. The number of sulfone groups is 1. The van der Waals surface area contributed by atoms with Crippen molar-refractivity contribution >= 4 is 15.7 Å². The molecule has 0 aliphatic carbocycles. The van der Waals surface area contributed by atoms with Crippen molar-refractivity contribution in [2.45, 2.75) is 32.7 Å². The van der Waals surface area contributed by atoms with E-state index in [0.29, 0.717) is 17.9 Å². The molecule has 7 heteroatoms. The lowest BCUT2D eigenvalue weighted by Gasteiger charge is -2.23. The molecule has 2 heterocycles. The van der Waals surface area contributed by atoms with Crippen molar-refractivity contribution in [1.29, 1.82) is 0 Å². The number of amides is 1. The first-order valence-corrected chi connectivity index (χ1v) is 8.00. The summed E-state index contributed by atoms with van der Waals surface area (Å²) in [6, 6.07) is -0.210. The van der Waals surface area contributed by atoms with Crippen molar-refractivity contribution in [2.24, 2.45) is 0 Å². The Bertz CT molecular complexity index is 571. The van der Waals surface area contributed by atoms with Crippen LogP contribution in [-0.4, -0.2) is 49.0 Å². The molecule has 2 rings (SSSR count). The highest BCUT2D eigenvalue weighted by atomic mass is 32.2. The first-order chi connectivity index (χ1) is 8.80. The summed E-state index contributed by atoms with van der Waals surface area (Å²) < 4.78 is 27.9. The van der Waals surface area contributed by atoms with Crippen molar-refractivity contribution in [3.8, 4) is 0 Å². The zero-order valence-corrected chi connectivity index (χ0v) is 12.2. The van der Waals surface area contributed by atoms with Crippen molar-refractivity contribution in [3.05, 3.63) is 17.0 Å². The average Bonchev–Trinajstić information content (AvgIpc) is 2.84. The fraction of sp³-hybridized carbons (Fsp3) is 0.667. The molecule has 19 heavy (non-hydrogen) atoms. The topological polar surface area (TPSA) is 80.5 Å². The Morgan fingerprint density at radius 1 is 1.47 bits per heavy atom.